The Morgan fingerprint density at radius 3 is 2.42 bits per heavy atom. The Labute approximate surface area is 173 Å². The zero-order valence-electron chi connectivity index (χ0n) is 15.5. The summed E-state index contributed by atoms with van der Waals surface area (Å²) in [6, 6.07) is 12.6. The van der Waals surface area contributed by atoms with Crippen molar-refractivity contribution in [2.24, 2.45) is 4.99 Å². The molecule has 0 spiro atoms. The van der Waals surface area contributed by atoms with Gasteiger partial charge in [0.2, 0.25) is 5.75 Å². The van der Waals surface area contributed by atoms with Crippen LogP contribution in [-0.4, -0.2) is 21.7 Å². The van der Waals surface area contributed by atoms with E-state index in [4.69, 9.17) is 13.9 Å². The number of cyclic esters (lactones) is 1. The van der Waals surface area contributed by atoms with Crippen LogP contribution >= 0.6 is 0 Å². The van der Waals surface area contributed by atoms with Gasteiger partial charge in [-0.1, -0.05) is 12.1 Å². The molecule has 0 saturated carbocycles. The maximum absolute atomic E-state index is 12.0. The summed E-state index contributed by atoms with van der Waals surface area (Å²) in [5.74, 6) is -0.133. The predicted octanol–water partition coefficient (Wildman–Crippen LogP) is 4.23. The quantitative estimate of drug-likeness (QED) is 0.248. The largest absolute Gasteiger partial charge is 0.459 e. The molecule has 154 valence electrons. The molecule has 0 bridgehead atoms. The van der Waals surface area contributed by atoms with Gasteiger partial charge in [0.15, 0.2) is 11.5 Å². The Balaban J connectivity index is 1.54. The van der Waals surface area contributed by atoms with Crippen molar-refractivity contribution in [2.45, 2.75) is 0 Å². The second-order valence-electron chi connectivity index (χ2n) is 6.15. The molecule has 0 saturated heterocycles. The molecule has 3 aromatic rings. The fourth-order valence-electron chi connectivity index (χ4n) is 2.68. The van der Waals surface area contributed by atoms with Crippen molar-refractivity contribution >= 4 is 29.3 Å². The number of ether oxygens (including phenoxy) is 2. The summed E-state index contributed by atoms with van der Waals surface area (Å²) in [7, 11) is 0. The Bertz CT molecular complexity index is 1240. The fourth-order valence-corrected chi connectivity index (χ4v) is 2.68. The number of carbonyl (C=O) groups is 1. The molecule has 0 fully saturated rings. The van der Waals surface area contributed by atoms with Gasteiger partial charge in [-0.25, -0.2) is 9.79 Å². The Hall–Kier alpha value is -4.80. The van der Waals surface area contributed by atoms with Gasteiger partial charge in [-0.15, -0.1) is 0 Å². The number of hydrogen-bond acceptors (Lipinski definition) is 9. The van der Waals surface area contributed by atoms with Crippen molar-refractivity contribution in [1.29, 1.82) is 0 Å². The molecule has 2 aromatic carbocycles. The van der Waals surface area contributed by atoms with Crippen molar-refractivity contribution in [2.75, 3.05) is 0 Å². The molecule has 11 nitrogen and oxygen atoms in total. The van der Waals surface area contributed by atoms with Crippen LogP contribution in [0.5, 0.6) is 11.5 Å². The topological polar surface area (TPSA) is 147 Å². The molecular formula is C20H11N3O8. The minimum Gasteiger partial charge on any atom is -0.459 e. The van der Waals surface area contributed by atoms with Gasteiger partial charge >= 0.3 is 11.7 Å². The van der Waals surface area contributed by atoms with Crippen LogP contribution in [0.25, 0.3) is 6.08 Å². The molecule has 0 radical (unpaired) electrons. The maximum atomic E-state index is 12.0. The van der Waals surface area contributed by atoms with Gasteiger partial charge in [-0.3, -0.25) is 20.2 Å². The van der Waals surface area contributed by atoms with Crippen molar-refractivity contribution in [3.63, 3.8) is 0 Å². The molecule has 0 N–H and O–H groups in total. The highest BCUT2D eigenvalue weighted by molar-refractivity contribution is 6.11. The van der Waals surface area contributed by atoms with E-state index >= 15 is 0 Å². The summed E-state index contributed by atoms with van der Waals surface area (Å²) in [5.41, 5.74) is -0.277. The Morgan fingerprint density at radius 2 is 1.77 bits per heavy atom. The van der Waals surface area contributed by atoms with Crippen molar-refractivity contribution in [3.8, 4) is 11.5 Å². The monoisotopic (exact) mass is 421 g/mol. The summed E-state index contributed by atoms with van der Waals surface area (Å²) >= 11 is 0. The Kier molecular flexibility index (Phi) is 4.98. The first-order valence-corrected chi connectivity index (χ1v) is 8.68. The number of carbonyl (C=O) groups excluding carboxylic acids is 1. The average Bonchev–Trinajstić information content (AvgIpc) is 3.40. The number of non-ortho nitro benzene ring substituents is 1. The summed E-state index contributed by atoms with van der Waals surface area (Å²) in [5, 5.41) is 22.0. The van der Waals surface area contributed by atoms with Crippen LogP contribution in [0.1, 0.15) is 11.3 Å². The molecule has 1 aliphatic heterocycles. The van der Waals surface area contributed by atoms with E-state index in [2.05, 4.69) is 4.99 Å². The molecule has 1 aliphatic rings. The lowest BCUT2D eigenvalue weighted by Gasteiger charge is -2.06. The number of nitrogens with zero attached hydrogens (tertiary/aromatic N) is 3. The number of nitro groups is 2. The summed E-state index contributed by atoms with van der Waals surface area (Å²) in [6.45, 7) is 0. The normalized spacial score (nSPS) is 14.3. The van der Waals surface area contributed by atoms with Gasteiger partial charge in [0.25, 0.3) is 11.6 Å². The van der Waals surface area contributed by atoms with Crippen LogP contribution in [0.15, 0.2) is 76.0 Å². The third-order valence-electron chi connectivity index (χ3n) is 4.11. The van der Waals surface area contributed by atoms with E-state index < -0.39 is 27.2 Å². The SMILES string of the molecule is O=C1OC(c2ccco2)=NC1=Cc1ccc(Oc2ccc([N+](=O)[O-])cc2[N+](=O)[O-])cc1. The summed E-state index contributed by atoms with van der Waals surface area (Å²) in [6.07, 6.45) is 2.93. The lowest BCUT2D eigenvalue weighted by atomic mass is 10.2. The third-order valence-corrected chi connectivity index (χ3v) is 4.11. The van der Waals surface area contributed by atoms with Gasteiger partial charge in [0.05, 0.1) is 22.2 Å². The molecule has 31 heavy (non-hydrogen) atoms. The first-order valence-electron chi connectivity index (χ1n) is 8.68. The van der Waals surface area contributed by atoms with Crippen molar-refractivity contribution < 1.29 is 28.5 Å². The van der Waals surface area contributed by atoms with E-state index in [0.29, 0.717) is 11.3 Å². The van der Waals surface area contributed by atoms with E-state index in [0.717, 1.165) is 18.2 Å². The maximum Gasteiger partial charge on any atom is 0.363 e. The van der Waals surface area contributed by atoms with E-state index in [1.807, 2.05) is 0 Å². The molecule has 2 heterocycles. The van der Waals surface area contributed by atoms with Gasteiger partial charge in [-0.2, -0.15) is 0 Å². The first kappa shape index (κ1) is 19.5. The molecular weight excluding hydrogens is 410 g/mol. The summed E-state index contributed by atoms with van der Waals surface area (Å²) < 4.78 is 15.7. The minimum absolute atomic E-state index is 0.0617. The fraction of sp³-hybridized carbons (Fsp3) is 0. The van der Waals surface area contributed by atoms with Crippen molar-refractivity contribution in [3.05, 3.63) is 98.1 Å². The zero-order chi connectivity index (χ0) is 22.0. The van der Waals surface area contributed by atoms with Gasteiger partial charge in [0.1, 0.15) is 5.75 Å². The van der Waals surface area contributed by atoms with Crippen molar-refractivity contribution in [1.82, 2.24) is 0 Å². The zero-order valence-corrected chi connectivity index (χ0v) is 15.5. The van der Waals surface area contributed by atoms with Crippen LogP contribution in [0.2, 0.25) is 0 Å². The standard InChI is InChI=1S/C20H11N3O8/c24-20-15(21-19(31-20)18-2-1-9-29-18)10-12-3-6-14(7-4-12)30-17-8-5-13(22(25)26)11-16(17)23(27)28/h1-11H. The van der Waals surface area contributed by atoms with Gasteiger partial charge in [0, 0.05) is 6.07 Å². The number of hydrogen-bond donors (Lipinski definition) is 0. The van der Waals surface area contributed by atoms with Crippen LogP contribution in [0.4, 0.5) is 11.4 Å². The van der Waals surface area contributed by atoms with Gasteiger partial charge in [-0.05, 0) is 42.0 Å². The first-order chi connectivity index (χ1) is 14.9. The molecule has 11 heteroatoms. The number of aliphatic imine (C=N–C) groups is 1. The molecule has 0 atom stereocenters. The highest BCUT2D eigenvalue weighted by Crippen LogP contribution is 2.34. The lowest BCUT2D eigenvalue weighted by Crippen LogP contribution is -2.04. The smallest absolute Gasteiger partial charge is 0.363 e. The molecule has 0 amide bonds. The number of nitro benzene ring substituents is 2. The van der Waals surface area contributed by atoms with Crippen LogP contribution in [-0.2, 0) is 9.53 Å². The Morgan fingerprint density at radius 1 is 1.00 bits per heavy atom. The third kappa shape index (κ3) is 4.15. The van der Waals surface area contributed by atoms with Crippen LogP contribution in [0, 0.1) is 20.2 Å². The van der Waals surface area contributed by atoms with Crippen LogP contribution in [0.3, 0.4) is 0 Å². The molecule has 4 rings (SSSR count). The van der Waals surface area contributed by atoms with Gasteiger partial charge < -0.3 is 13.9 Å². The van der Waals surface area contributed by atoms with E-state index in [-0.39, 0.29) is 23.1 Å². The highest BCUT2D eigenvalue weighted by Gasteiger charge is 2.26. The van der Waals surface area contributed by atoms with E-state index in [1.165, 1.54) is 24.5 Å². The second-order valence-corrected chi connectivity index (χ2v) is 6.15. The minimum atomic E-state index is -0.762. The van der Waals surface area contributed by atoms with E-state index in [1.54, 1.807) is 24.3 Å². The predicted molar refractivity (Wildman–Crippen MR) is 106 cm³/mol. The molecule has 1 aromatic heterocycles. The number of esters is 1. The number of furan rings is 1. The van der Waals surface area contributed by atoms with Crippen LogP contribution < -0.4 is 4.74 Å². The average molecular weight is 421 g/mol. The number of benzene rings is 2. The highest BCUT2D eigenvalue weighted by atomic mass is 16.6. The molecule has 0 aliphatic carbocycles. The lowest BCUT2D eigenvalue weighted by molar-refractivity contribution is -0.394. The van der Waals surface area contributed by atoms with E-state index in [9.17, 15) is 25.0 Å². The second kappa shape index (κ2) is 7.91. The molecule has 0 unspecified atom stereocenters. The number of rotatable bonds is 6. The summed E-state index contributed by atoms with van der Waals surface area (Å²) in [4.78, 5) is 36.6.